The average molecular weight is 317 g/mol. The number of ether oxygens (including phenoxy) is 2. The normalized spacial score (nSPS) is 10.8. The Morgan fingerprint density at radius 1 is 1.32 bits per heavy atom. The zero-order valence-electron chi connectivity index (χ0n) is 11.9. The largest absolute Gasteiger partial charge is 0.497 e. The number of nitrogens with one attached hydrogen (secondary N) is 1. The number of hydrogen-bond donors (Lipinski definition) is 2. The third-order valence-corrected chi connectivity index (χ3v) is 3.54. The summed E-state index contributed by atoms with van der Waals surface area (Å²) in [4.78, 5) is 11.2. The Balaban J connectivity index is 1.75. The minimum absolute atomic E-state index is 0.378. The van der Waals surface area contributed by atoms with Crippen LogP contribution < -0.4 is 15.2 Å². The summed E-state index contributed by atoms with van der Waals surface area (Å²) in [6, 6.07) is 7.44. The first-order valence-electron chi connectivity index (χ1n) is 6.65. The number of fused-ring (bicyclic) bond motifs is 1. The molecule has 1 aromatic carbocycles. The molecule has 22 heavy (non-hydrogen) atoms. The van der Waals surface area contributed by atoms with Crippen LogP contribution in [-0.2, 0) is 6.54 Å². The highest BCUT2D eigenvalue weighted by Gasteiger charge is 2.09. The number of methoxy groups -OCH3 is 1. The van der Waals surface area contributed by atoms with Crippen LogP contribution in [0, 0.1) is 4.77 Å². The van der Waals surface area contributed by atoms with Crippen molar-refractivity contribution in [3.63, 3.8) is 0 Å². The molecule has 0 aliphatic heterocycles. The Bertz CT molecular complexity index is 858. The first-order valence-corrected chi connectivity index (χ1v) is 7.05. The molecule has 0 saturated carbocycles. The summed E-state index contributed by atoms with van der Waals surface area (Å²) in [7, 11) is 1.62. The molecular formula is C14H15N5O2S. The number of H-pyrrole nitrogens is 1. The van der Waals surface area contributed by atoms with E-state index in [0.29, 0.717) is 34.9 Å². The number of nitrogens with two attached hydrogens (primary N) is 1. The van der Waals surface area contributed by atoms with E-state index in [2.05, 4.69) is 15.0 Å². The standard InChI is InChI=1S/C14H15N5O2S/c1-20-9-3-2-4-10(7-9)21-6-5-19-13-11(18-14(19)22)12(15)16-8-17-13/h2-4,7-8H,5-6H2,1H3,(H,18,22)(H2,15,16,17). The summed E-state index contributed by atoms with van der Waals surface area (Å²) in [5.41, 5.74) is 7.12. The molecule has 7 nitrogen and oxygen atoms in total. The smallest absolute Gasteiger partial charge is 0.179 e. The van der Waals surface area contributed by atoms with E-state index in [1.165, 1.54) is 6.33 Å². The van der Waals surface area contributed by atoms with Crippen molar-refractivity contribution in [2.75, 3.05) is 19.5 Å². The Morgan fingerprint density at radius 2 is 2.14 bits per heavy atom. The molecule has 3 rings (SSSR count). The number of nitrogen functional groups attached to an aromatic ring is 1. The van der Waals surface area contributed by atoms with E-state index in [1.54, 1.807) is 7.11 Å². The highest BCUT2D eigenvalue weighted by Crippen LogP contribution is 2.19. The summed E-state index contributed by atoms with van der Waals surface area (Å²) < 4.78 is 13.3. The molecule has 2 heterocycles. The molecule has 0 atom stereocenters. The SMILES string of the molecule is COc1cccc(OCCn2c(=S)[nH]c3c(N)ncnc32)c1. The lowest BCUT2D eigenvalue weighted by Crippen LogP contribution is -2.09. The zero-order valence-corrected chi connectivity index (χ0v) is 12.8. The summed E-state index contributed by atoms with van der Waals surface area (Å²) in [5.74, 6) is 1.87. The molecule has 114 valence electrons. The maximum Gasteiger partial charge on any atom is 0.179 e. The van der Waals surface area contributed by atoms with Gasteiger partial charge in [0.25, 0.3) is 0 Å². The minimum Gasteiger partial charge on any atom is -0.497 e. The molecule has 3 aromatic rings. The maximum absolute atomic E-state index is 5.80. The highest BCUT2D eigenvalue weighted by atomic mass is 32.1. The van der Waals surface area contributed by atoms with E-state index < -0.39 is 0 Å². The third-order valence-electron chi connectivity index (χ3n) is 3.21. The van der Waals surface area contributed by atoms with Crippen molar-refractivity contribution in [3.8, 4) is 11.5 Å². The number of nitrogens with zero attached hydrogens (tertiary/aromatic N) is 3. The molecule has 0 aliphatic rings. The molecule has 0 unspecified atom stereocenters. The van der Waals surface area contributed by atoms with Gasteiger partial charge in [0.2, 0.25) is 0 Å². The molecular weight excluding hydrogens is 302 g/mol. The Kier molecular flexibility index (Phi) is 3.92. The number of anilines is 1. The van der Waals surface area contributed by atoms with Crippen LogP contribution in [-0.4, -0.2) is 33.2 Å². The fourth-order valence-corrected chi connectivity index (χ4v) is 2.42. The van der Waals surface area contributed by atoms with Gasteiger partial charge in [-0.25, -0.2) is 9.97 Å². The fraction of sp³-hybridized carbons (Fsp3) is 0.214. The predicted molar refractivity (Wildman–Crippen MR) is 85.6 cm³/mol. The Morgan fingerprint density at radius 3 is 2.95 bits per heavy atom. The lowest BCUT2D eigenvalue weighted by atomic mass is 10.3. The number of aromatic nitrogens is 4. The molecule has 0 amide bonds. The van der Waals surface area contributed by atoms with Crippen LogP contribution in [0.25, 0.3) is 11.2 Å². The van der Waals surface area contributed by atoms with Gasteiger partial charge in [-0.2, -0.15) is 0 Å². The number of benzene rings is 1. The molecule has 0 fully saturated rings. The van der Waals surface area contributed by atoms with Crippen LogP contribution in [0.15, 0.2) is 30.6 Å². The lowest BCUT2D eigenvalue weighted by Gasteiger charge is -2.08. The quantitative estimate of drug-likeness (QED) is 0.701. The summed E-state index contributed by atoms with van der Waals surface area (Å²) in [5, 5.41) is 0. The summed E-state index contributed by atoms with van der Waals surface area (Å²) in [6.45, 7) is 0.991. The molecule has 0 spiro atoms. The highest BCUT2D eigenvalue weighted by molar-refractivity contribution is 7.71. The second-order valence-electron chi connectivity index (χ2n) is 4.57. The van der Waals surface area contributed by atoms with Crippen molar-refractivity contribution < 1.29 is 9.47 Å². The predicted octanol–water partition coefficient (Wildman–Crippen LogP) is 2.16. The van der Waals surface area contributed by atoms with Crippen LogP contribution >= 0.6 is 12.2 Å². The van der Waals surface area contributed by atoms with Crippen LogP contribution in [0.2, 0.25) is 0 Å². The van der Waals surface area contributed by atoms with Gasteiger partial charge in [0, 0.05) is 6.07 Å². The Hall–Kier alpha value is -2.61. The van der Waals surface area contributed by atoms with E-state index in [1.807, 2.05) is 28.8 Å². The van der Waals surface area contributed by atoms with Crippen LogP contribution in [0.5, 0.6) is 11.5 Å². The molecule has 0 radical (unpaired) electrons. The van der Waals surface area contributed by atoms with Gasteiger partial charge in [-0.15, -0.1) is 0 Å². The lowest BCUT2D eigenvalue weighted by molar-refractivity contribution is 0.297. The number of imidazole rings is 1. The summed E-state index contributed by atoms with van der Waals surface area (Å²) in [6.07, 6.45) is 1.42. The van der Waals surface area contributed by atoms with E-state index in [4.69, 9.17) is 27.4 Å². The molecule has 0 bridgehead atoms. The number of aromatic amines is 1. The molecule has 8 heteroatoms. The molecule has 2 aromatic heterocycles. The topological polar surface area (TPSA) is 91.0 Å². The molecule has 0 saturated heterocycles. The second-order valence-corrected chi connectivity index (χ2v) is 4.95. The van der Waals surface area contributed by atoms with E-state index in [-0.39, 0.29) is 0 Å². The first-order chi connectivity index (χ1) is 10.7. The van der Waals surface area contributed by atoms with Crippen molar-refractivity contribution in [3.05, 3.63) is 35.4 Å². The fourth-order valence-electron chi connectivity index (χ4n) is 2.14. The van der Waals surface area contributed by atoms with Gasteiger partial charge in [0.1, 0.15) is 29.9 Å². The van der Waals surface area contributed by atoms with Gasteiger partial charge in [0.15, 0.2) is 16.2 Å². The molecule has 3 N–H and O–H groups in total. The van der Waals surface area contributed by atoms with Crippen LogP contribution in [0.4, 0.5) is 5.82 Å². The zero-order chi connectivity index (χ0) is 15.5. The van der Waals surface area contributed by atoms with Gasteiger partial charge in [-0.1, -0.05) is 6.07 Å². The van der Waals surface area contributed by atoms with E-state index in [9.17, 15) is 0 Å². The van der Waals surface area contributed by atoms with Crippen LogP contribution in [0.1, 0.15) is 0 Å². The maximum atomic E-state index is 5.80. The van der Waals surface area contributed by atoms with Crippen molar-refractivity contribution >= 4 is 29.2 Å². The summed E-state index contributed by atoms with van der Waals surface area (Å²) >= 11 is 5.29. The Labute approximate surface area is 131 Å². The molecule has 0 aliphatic carbocycles. The van der Waals surface area contributed by atoms with Crippen molar-refractivity contribution in [2.24, 2.45) is 0 Å². The van der Waals surface area contributed by atoms with Gasteiger partial charge in [-0.3, -0.25) is 4.57 Å². The van der Waals surface area contributed by atoms with Gasteiger partial charge < -0.3 is 20.2 Å². The average Bonchev–Trinajstić information content (AvgIpc) is 2.85. The van der Waals surface area contributed by atoms with Gasteiger partial charge in [0.05, 0.1) is 13.7 Å². The van der Waals surface area contributed by atoms with Crippen molar-refractivity contribution in [2.45, 2.75) is 6.54 Å². The van der Waals surface area contributed by atoms with E-state index >= 15 is 0 Å². The van der Waals surface area contributed by atoms with Gasteiger partial charge in [-0.05, 0) is 24.4 Å². The monoisotopic (exact) mass is 317 g/mol. The van der Waals surface area contributed by atoms with E-state index in [0.717, 1.165) is 11.5 Å². The third kappa shape index (κ3) is 2.73. The van der Waals surface area contributed by atoms with Crippen LogP contribution in [0.3, 0.4) is 0 Å². The second kappa shape index (κ2) is 6.02. The van der Waals surface area contributed by atoms with Crippen molar-refractivity contribution in [1.29, 1.82) is 0 Å². The number of rotatable bonds is 5. The van der Waals surface area contributed by atoms with Gasteiger partial charge >= 0.3 is 0 Å². The van der Waals surface area contributed by atoms with Crippen molar-refractivity contribution in [1.82, 2.24) is 19.5 Å². The number of hydrogen-bond acceptors (Lipinski definition) is 6. The first kappa shape index (κ1) is 14.3. The minimum atomic E-state index is 0.378.